The fourth-order valence-corrected chi connectivity index (χ4v) is 4.04. The highest BCUT2D eigenvalue weighted by Crippen LogP contribution is 2.35. The number of rotatable bonds is 4. The molecule has 1 aliphatic rings. The normalized spacial score (nSPS) is 23.1. The number of hydrogen-bond donors (Lipinski definition) is 0. The van der Waals surface area contributed by atoms with Crippen molar-refractivity contribution in [3.8, 4) is 0 Å². The van der Waals surface area contributed by atoms with Gasteiger partial charge in [-0.3, -0.25) is 4.18 Å². The Kier molecular flexibility index (Phi) is 5.06. The number of benzene rings is 2. The van der Waals surface area contributed by atoms with Crippen molar-refractivity contribution in [2.24, 2.45) is 0 Å². The minimum atomic E-state index is -1.38. The predicted octanol–water partition coefficient (Wildman–Crippen LogP) is 4.76. The monoisotopic (exact) mass is 314 g/mol. The molecule has 3 rings (SSSR count). The molecule has 3 atom stereocenters. The first kappa shape index (κ1) is 15.4. The number of aryl methyl sites for hydroxylation is 1. The fraction of sp³-hybridized carbons (Fsp3) is 0.368. The molecule has 0 spiro atoms. The summed E-state index contributed by atoms with van der Waals surface area (Å²) in [5.74, 6) is 0.351. The van der Waals surface area contributed by atoms with Gasteiger partial charge < -0.3 is 0 Å². The molecule has 0 amide bonds. The molecule has 116 valence electrons. The van der Waals surface area contributed by atoms with Crippen LogP contribution in [0, 0.1) is 6.92 Å². The second-order valence-electron chi connectivity index (χ2n) is 5.98. The second-order valence-corrected chi connectivity index (χ2v) is 7.12. The first-order valence-corrected chi connectivity index (χ1v) is 9.02. The lowest BCUT2D eigenvalue weighted by Gasteiger charge is -2.31. The lowest BCUT2D eigenvalue weighted by molar-refractivity contribution is 0.147. The van der Waals surface area contributed by atoms with Crippen LogP contribution < -0.4 is 0 Å². The van der Waals surface area contributed by atoms with Gasteiger partial charge in [-0.25, -0.2) is 4.21 Å². The van der Waals surface area contributed by atoms with Crippen molar-refractivity contribution in [3.63, 3.8) is 0 Å². The van der Waals surface area contributed by atoms with Crippen molar-refractivity contribution in [2.75, 3.05) is 0 Å². The minimum absolute atomic E-state index is 0.0401. The fourth-order valence-electron chi connectivity index (χ4n) is 3.11. The molecule has 2 aromatic rings. The molecule has 2 aromatic carbocycles. The van der Waals surface area contributed by atoms with Crippen LogP contribution in [0.1, 0.15) is 42.7 Å². The van der Waals surface area contributed by atoms with Crippen LogP contribution in [0.25, 0.3) is 0 Å². The van der Waals surface area contributed by atoms with Crippen LogP contribution in [0.2, 0.25) is 0 Å². The summed E-state index contributed by atoms with van der Waals surface area (Å²) in [5.41, 5.74) is 2.47. The summed E-state index contributed by atoms with van der Waals surface area (Å²) in [6, 6.07) is 18.2. The molecule has 1 fully saturated rings. The molecule has 1 aliphatic carbocycles. The van der Waals surface area contributed by atoms with Crippen molar-refractivity contribution in [1.82, 2.24) is 0 Å². The average molecular weight is 314 g/mol. The van der Waals surface area contributed by atoms with Gasteiger partial charge in [-0.05, 0) is 37.5 Å². The molecular weight excluding hydrogens is 292 g/mol. The first-order chi connectivity index (χ1) is 10.7. The Morgan fingerprint density at radius 1 is 0.955 bits per heavy atom. The van der Waals surface area contributed by atoms with Gasteiger partial charge in [0, 0.05) is 5.92 Å². The quantitative estimate of drug-likeness (QED) is 0.813. The maximum absolute atomic E-state index is 12.5. The Hall–Kier alpha value is -1.45. The standard InChI is InChI=1S/C19H22O2S/c1-15-11-13-17(14-12-15)22(20)21-19-10-6-5-9-18(19)16-7-3-2-4-8-16/h2-4,7-8,11-14,18-19H,5-6,9-10H2,1H3/t18-,19+,22?/m1/s1. The summed E-state index contributed by atoms with van der Waals surface area (Å²) in [4.78, 5) is 0.753. The van der Waals surface area contributed by atoms with Crippen molar-refractivity contribution in [3.05, 3.63) is 65.7 Å². The molecule has 1 saturated carbocycles. The van der Waals surface area contributed by atoms with Crippen molar-refractivity contribution in [2.45, 2.75) is 49.5 Å². The Bertz CT molecular complexity index is 622. The zero-order valence-electron chi connectivity index (χ0n) is 12.9. The summed E-state index contributed by atoms with van der Waals surface area (Å²) in [6.45, 7) is 2.03. The summed E-state index contributed by atoms with van der Waals surface area (Å²) < 4.78 is 18.4. The molecule has 0 aliphatic heterocycles. The molecule has 0 saturated heterocycles. The van der Waals surface area contributed by atoms with E-state index >= 15 is 0 Å². The summed E-state index contributed by atoms with van der Waals surface area (Å²) in [7, 11) is 0. The van der Waals surface area contributed by atoms with Crippen LogP contribution in [0.15, 0.2) is 59.5 Å². The Morgan fingerprint density at radius 3 is 2.36 bits per heavy atom. The van der Waals surface area contributed by atoms with E-state index in [-0.39, 0.29) is 6.10 Å². The van der Waals surface area contributed by atoms with Gasteiger partial charge in [0.2, 0.25) is 0 Å². The van der Waals surface area contributed by atoms with Gasteiger partial charge in [0.1, 0.15) is 0 Å². The van der Waals surface area contributed by atoms with Crippen molar-refractivity contribution in [1.29, 1.82) is 0 Å². The highest BCUT2D eigenvalue weighted by molar-refractivity contribution is 7.80. The third-order valence-electron chi connectivity index (χ3n) is 4.35. The summed E-state index contributed by atoms with van der Waals surface area (Å²) in [6.07, 6.45) is 4.50. The van der Waals surface area contributed by atoms with Gasteiger partial charge >= 0.3 is 0 Å². The van der Waals surface area contributed by atoms with Crippen LogP contribution in [-0.4, -0.2) is 10.3 Å². The van der Waals surface area contributed by atoms with Crippen LogP contribution in [0.3, 0.4) is 0 Å². The lowest BCUT2D eigenvalue weighted by atomic mass is 9.82. The highest BCUT2D eigenvalue weighted by Gasteiger charge is 2.29. The average Bonchev–Trinajstić information content (AvgIpc) is 2.57. The molecule has 0 heterocycles. The van der Waals surface area contributed by atoms with E-state index in [4.69, 9.17) is 4.18 Å². The molecule has 0 N–H and O–H groups in total. The van der Waals surface area contributed by atoms with Gasteiger partial charge in [0.05, 0.1) is 11.0 Å². The molecule has 22 heavy (non-hydrogen) atoms. The van der Waals surface area contributed by atoms with Crippen molar-refractivity contribution < 1.29 is 8.39 Å². The lowest BCUT2D eigenvalue weighted by Crippen LogP contribution is -2.27. The summed E-state index contributed by atoms with van der Waals surface area (Å²) in [5, 5.41) is 0. The Balaban J connectivity index is 1.74. The molecule has 0 radical (unpaired) electrons. The number of hydrogen-bond acceptors (Lipinski definition) is 2. The molecular formula is C19H22O2S. The maximum Gasteiger partial charge on any atom is 0.189 e. The Morgan fingerprint density at radius 2 is 1.64 bits per heavy atom. The van der Waals surface area contributed by atoms with Crippen LogP contribution in [0.5, 0.6) is 0 Å². The topological polar surface area (TPSA) is 26.3 Å². The third kappa shape index (κ3) is 3.65. The van der Waals surface area contributed by atoms with Crippen molar-refractivity contribution >= 4 is 11.1 Å². The van der Waals surface area contributed by atoms with Gasteiger partial charge in [-0.2, -0.15) is 0 Å². The zero-order valence-corrected chi connectivity index (χ0v) is 13.7. The molecule has 2 nitrogen and oxygen atoms in total. The van der Waals surface area contributed by atoms with Crippen LogP contribution in [0.4, 0.5) is 0 Å². The highest BCUT2D eigenvalue weighted by atomic mass is 32.2. The smallest absolute Gasteiger partial charge is 0.189 e. The van der Waals surface area contributed by atoms with Crippen LogP contribution >= 0.6 is 0 Å². The third-order valence-corrected chi connectivity index (χ3v) is 5.43. The van der Waals surface area contributed by atoms with E-state index in [2.05, 4.69) is 24.3 Å². The van der Waals surface area contributed by atoms with E-state index in [9.17, 15) is 4.21 Å². The maximum atomic E-state index is 12.5. The first-order valence-electron chi connectivity index (χ1n) is 7.94. The van der Waals surface area contributed by atoms with E-state index < -0.39 is 11.1 Å². The van der Waals surface area contributed by atoms with E-state index in [0.717, 1.165) is 24.2 Å². The molecule has 3 heteroatoms. The van der Waals surface area contributed by atoms with E-state index in [1.807, 2.05) is 37.3 Å². The molecule has 0 aromatic heterocycles. The van der Waals surface area contributed by atoms with E-state index in [1.54, 1.807) is 0 Å². The molecule has 0 bridgehead atoms. The second kappa shape index (κ2) is 7.21. The largest absolute Gasteiger partial charge is 0.283 e. The molecule has 1 unspecified atom stereocenters. The van der Waals surface area contributed by atoms with E-state index in [0.29, 0.717) is 5.92 Å². The van der Waals surface area contributed by atoms with Crippen LogP contribution in [-0.2, 0) is 15.3 Å². The van der Waals surface area contributed by atoms with Gasteiger partial charge in [0.25, 0.3) is 0 Å². The Labute approximate surface area is 135 Å². The van der Waals surface area contributed by atoms with Gasteiger partial charge in [0.15, 0.2) is 11.1 Å². The summed E-state index contributed by atoms with van der Waals surface area (Å²) >= 11 is -1.38. The minimum Gasteiger partial charge on any atom is -0.283 e. The van der Waals surface area contributed by atoms with E-state index in [1.165, 1.54) is 17.5 Å². The zero-order chi connectivity index (χ0) is 15.4. The predicted molar refractivity (Wildman–Crippen MR) is 90.1 cm³/mol. The SMILES string of the molecule is Cc1ccc(S(=O)O[C@H]2CCCC[C@@H]2c2ccccc2)cc1. The van der Waals surface area contributed by atoms with Gasteiger partial charge in [-0.1, -0.05) is 60.9 Å². The van der Waals surface area contributed by atoms with Gasteiger partial charge in [-0.15, -0.1) is 0 Å².